The number of nitrogens with zero attached hydrogens (tertiary/aromatic N) is 3. The first-order valence-electron chi connectivity index (χ1n) is 2.95. The van der Waals surface area contributed by atoms with E-state index in [4.69, 9.17) is 5.11 Å². The van der Waals surface area contributed by atoms with Crippen LogP contribution in [0.15, 0.2) is 12.4 Å². The minimum absolute atomic E-state index is 0.398. The molecule has 0 saturated carbocycles. The van der Waals surface area contributed by atoms with Gasteiger partial charge in [0.2, 0.25) is 0 Å². The van der Waals surface area contributed by atoms with Gasteiger partial charge in [0.25, 0.3) is 0 Å². The number of aryl methyl sites for hydroxylation is 1. The molecule has 0 aromatic carbocycles. The molecular weight excluding hydrogens is 146 g/mol. The fourth-order valence-electron chi connectivity index (χ4n) is 0.578. The first kappa shape index (κ1) is 7.46. The topological polar surface area (TPSA) is 68.0 Å². The third-order valence-corrected chi connectivity index (χ3v) is 0.992. The Labute approximate surface area is 63.0 Å². The number of aliphatic carboxylic acids is 1. The van der Waals surface area contributed by atoms with Crippen LogP contribution in [0.25, 0.3) is 6.08 Å². The van der Waals surface area contributed by atoms with Gasteiger partial charge in [-0.15, -0.1) is 0 Å². The minimum Gasteiger partial charge on any atom is -0.478 e. The van der Waals surface area contributed by atoms with E-state index in [1.807, 2.05) is 0 Å². The van der Waals surface area contributed by atoms with Gasteiger partial charge in [0.1, 0.15) is 6.33 Å². The smallest absolute Gasteiger partial charge is 0.328 e. The van der Waals surface area contributed by atoms with Gasteiger partial charge >= 0.3 is 5.97 Å². The summed E-state index contributed by atoms with van der Waals surface area (Å²) in [5, 5.41) is 12.1. The molecule has 0 amide bonds. The molecule has 5 heteroatoms. The number of hydrogen-bond acceptors (Lipinski definition) is 3. The molecule has 1 N–H and O–H groups in total. The van der Waals surface area contributed by atoms with E-state index in [9.17, 15) is 4.79 Å². The van der Waals surface area contributed by atoms with Gasteiger partial charge in [0.05, 0.1) is 0 Å². The summed E-state index contributed by atoms with van der Waals surface area (Å²) < 4.78 is 1.50. The Bertz CT molecular complexity index is 290. The summed E-state index contributed by atoms with van der Waals surface area (Å²) in [5.41, 5.74) is 0. The highest BCUT2D eigenvalue weighted by atomic mass is 16.4. The Balaban J connectivity index is 2.71. The van der Waals surface area contributed by atoms with Crippen molar-refractivity contribution in [3.8, 4) is 0 Å². The van der Waals surface area contributed by atoms with Crippen LogP contribution in [0.2, 0.25) is 0 Å². The summed E-state index contributed by atoms with van der Waals surface area (Å²) in [6, 6.07) is 0. The lowest BCUT2D eigenvalue weighted by atomic mass is 10.5. The molecule has 0 fully saturated rings. The highest BCUT2D eigenvalue weighted by Crippen LogP contribution is 1.90. The highest BCUT2D eigenvalue weighted by molar-refractivity contribution is 5.84. The zero-order valence-corrected chi connectivity index (χ0v) is 5.93. The van der Waals surface area contributed by atoms with Crippen molar-refractivity contribution in [3.05, 3.63) is 18.2 Å². The minimum atomic E-state index is -1.00. The van der Waals surface area contributed by atoms with Crippen LogP contribution in [0.5, 0.6) is 0 Å². The molecule has 0 aliphatic rings. The second kappa shape index (κ2) is 2.96. The first-order chi connectivity index (χ1) is 5.18. The Kier molecular flexibility index (Phi) is 2.00. The number of carboxylic acids is 1. The molecule has 58 valence electrons. The van der Waals surface area contributed by atoms with E-state index in [-0.39, 0.29) is 0 Å². The number of rotatable bonds is 2. The van der Waals surface area contributed by atoms with Crippen LogP contribution in [0.1, 0.15) is 5.82 Å². The third-order valence-electron chi connectivity index (χ3n) is 0.992. The predicted octanol–water partition coefficient (Wildman–Crippen LogP) is -0.0871. The van der Waals surface area contributed by atoms with Gasteiger partial charge in [0.15, 0.2) is 5.82 Å². The molecule has 0 aliphatic heterocycles. The summed E-state index contributed by atoms with van der Waals surface area (Å²) in [5.74, 6) is -0.604. The van der Waals surface area contributed by atoms with Crippen LogP contribution in [0.3, 0.4) is 0 Å². The summed E-state index contributed by atoms with van der Waals surface area (Å²) in [7, 11) is 1.71. The fraction of sp³-hybridized carbons (Fsp3) is 0.167. The molecule has 0 spiro atoms. The zero-order valence-electron chi connectivity index (χ0n) is 5.93. The second-order valence-corrected chi connectivity index (χ2v) is 1.95. The van der Waals surface area contributed by atoms with Crippen molar-refractivity contribution in [3.63, 3.8) is 0 Å². The van der Waals surface area contributed by atoms with Crippen molar-refractivity contribution in [2.24, 2.45) is 7.05 Å². The lowest BCUT2D eigenvalue weighted by molar-refractivity contribution is -0.131. The van der Waals surface area contributed by atoms with Gasteiger partial charge < -0.3 is 5.11 Å². The van der Waals surface area contributed by atoms with Crippen LogP contribution >= 0.6 is 0 Å². The molecule has 1 aromatic heterocycles. The van der Waals surface area contributed by atoms with Crippen molar-refractivity contribution >= 4 is 12.0 Å². The molecule has 0 bridgehead atoms. The fourth-order valence-corrected chi connectivity index (χ4v) is 0.578. The second-order valence-electron chi connectivity index (χ2n) is 1.95. The summed E-state index contributed by atoms with van der Waals surface area (Å²) in [6.07, 6.45) is 3.83. The molecule has 0 atom stereocenters. The molecule has 5 nitrogen and oxygen atoms in total. The zero-order chi connectivity index (χ0) is 8.27. The molecule has 1 aromatic rings. The molecular formula is C6H7N3O2. The van der Waals surface area contributed by atoms with Crippen LogP contribution in [0, 0.1) is 0 Å². The van der Waals surface area contributed by atoms with Crippen LogP contribution < -0.4 is 0 Å². The monoisotopic (exact) mass is 153 g/mol. The third kappa shape index (κ3) is 2.21. The number of hydrogen-bond donors (Lipinski definition) is 1. The molecule has 0 saturated heterocycles. The van der Waals surface area contributed by atoms with E-state index in [0.29, 0.717) is 5.82 Å². The SMILES string of the molecule is Cn1cnc(/C=C/C(=O)O)n1. The van der Waals surface area contributed by atoms with E-state index in [1.54, 1.807) is 7.05 Å². The predicted molar refractivity (Wildman–Crippen MR) is 37.7 cm³/mol. The molecule has 1 rings (SSSR count). The number of aromatic nitrogens is 3. The van der Waals surface area contributed by atoms with Gasteiger partial charge in [-0.3, -0.25) is 4.68 Å². The van der Waals surface area contributed by atoms with Crippen molar-refractivity contribution in [1.29, 1.82) is 0 Å². The lowest BCUT2D eigenvalue weighted by Gasteiger charge is -1.80. The Morgan fingerprint density at radius 1 is 1.82 bits per heavy atom. The van der Waals surface area contributed by atoms with E-state index >= 15 is 0 Å². The van der Waals surface area contributed by atoms with Gasteiger partial charge in [-0.2, -0.15) is 5.10 Å². The maximum absolute atomic E-state index is 10.0. The quantitative estimate of drug-likeness (QED) is 0.603. The summed E-state index contributed by atoms with van der Waals surface area (Å²) in [6.45, 7) is 0. The highest BCUT2D eigenvalue weighted by Gasteiger charge is 1.92. The average Bonchev–Trinajstić information content (AvgIpc) is 2.31. The van der Waals surface area contributed by atoms with Crippen molar-refractivity contribution in [1.82, 2.24) is 14.8 Å². The maximum atomic E-state index is 10.0. The summed E-state index contributed by atoms with van der Waals surface area (Å²) >= 11 is 0. The Morgan fingerprint density at radius 3 is 3.00 bits per heavy atom. The Hall–Kier alpha value is -1.65. The molecule has 0 unspecified atom stereocenters. The summed E-state index contributed by atoms with van der Waals surface area (Å²) in [4.78, 5) is 13.8. The van der Waals surface area contributed by atoms with E-state index in [2.05, 4.69) is 10.1 Å². The van der Waals surface area contributed by atoms with E-state index in [1.165, 1.54) is 17.1 Å². The van der Waals surface area contributed by atoms with Crippen LogP contribution in [0.4, 0.5) is 0 Å². The van der Waals surface area contributed by atoms with Gasteiger partial charge in [-0.05, 0) is 6.08 Å². The molecule has 0 radical (unpaired) electrons. The van der Waals surface area contributed by atoms with Gasteiger partial charge in [-0.25, -0.2) is 9.78 Å². The largest absolute Gasteiger partial charge is 0.478 e. The van der Waals surface area contributed by atoms with Crippen LogP contribution in [-0.4, -0.2) is 25.8 Å². The molecule has 11 heavy (non-hydrogen) atoms. The maximum Gasteiger partial charge on any atom is 0.328 e. The molecule has 1 heterocycles. The molecule has 0 aliphatic carbocycles. The average molecular weight is 153 g/mol. The van der Waals surface area contributed by atoms with E-state index < -0.39 is 5.97 Å². The lowest BCUT2D eigenvalue weighted by Crippen LogP contribution is -1.89. The van der Waals surface area contributed by atoms with Gasteiger partial charge in [-0.1, -0.05) is 0 Å². The van der Waals surface area contributed by atoms with Gasteiger partial charge in [0, 0.05) is 13.1 Å². The standard InChI is InChI=1S/C6H7N3O2/c1-9-4-7-5(8-9)2-3-6(10)11/h2-4H,1H3,(H,10,11)/b3-2+. The van der Waals surface area contributed by atoms with Crippen molar-refractivity contribution < 1.29 is 9.90 Å². The number of carbonyl (C=O) groups is 1. The number of carboxylic acid groups (broad SMARTS) is 1. The Morgan fingerprint density at radius 2 is 2.55 bits per heavy atom. The first-order valence-corrected chi connectivity index (χ1v) is 2.95. The van der Waals surface area contributed by atoms with E-state index in [0.717, 1.165) is 6.08 Å². The van der Waals surface area contributed by atoms with Crippen molar-refractivity contribution in [2.45, 2.75) is 0 Å². The van der Waals surface area contributed by atoms with Crippen LogP contribution in [-0.2, 0) is 11.8 Å². The van der Waals surface area contributed by atoms with Crippen molar-refractivity contribution in [2.75, 3.05) is 0 Å². The normalized spacial score (nSPS) is 10.6.